The van der Waals surface area contributed by atoms with E-state index < -0.39 is 15.3 Å². The Morgan fingerprint density at radius 3 is 2.37 bits per heavy atom. The maximum Gasteiger partial charge on any atom is 0.238 e. The van der Waals surface area contributed by atoms with E-state index in [9.17, 15) is 13.2 Å². The van der Waals surface area contributed by atoms with Crippen LogP contribution in [0, 0.1) is 6.92 Å². The van der Waals surface area contributed by atoms with Gasteiger partial charge in [-0.3, -0.25) is 9.69 Å². The molecule has 2 aromatic carbocycles. The minimum Gasteiger partial charge on any atom is -0.492 e. The van der Waals surface area contributed by atoms with Gasteiger partial charge < -0.3 is 15.4 Å². The van der Waals surface area contributed by atoms with Crippen molar-refractivity contribution in [1.29, 1.82) is 0 Å². The molecule has 0 aromatic heterocycles. The molecule has 2 aromatic rings. The molecule has 8 heteroatoms. The Balaban J connectivity index is 1.25. The Labute approximate surface area is 208 Å². The molecule has 5 rings (SSSR count). The van der Waals surface area contributed by atoms with Crippen molar-refractivity contribution < 1.29 is 17.9 Å². The fraction of sp³-hybridized carbons (Fsp3) is 0.519. The number of sulfone groups is 1. The molecule has 188 valence electrons. The maximum atomic E-state index is 13.9. The van der Waals surface area contributed by atoms with Crippen LogP contribution >= 0.6 is 0 Å². The van der Waals surface area contributed by atoms with Gasteiger partial charge in [0.15, 0.2) is 9.84 Å². The number of hydrogen-bond donors (Lipinski definition) is 1. The highest BCUT2D eigenvalue weighted by Crippen LogP contribution is 2.50. The fourth-order valence-corrected chi connectivity index (χ4v) is 6.47. The van der Waals surface area contributed by atoms with Gasteiger partial charge in [-0.15, -0.1) is 0 Å². The zero-order valence-electron chi connectivity index (χ0n) is 20.7. The number of carbonyl (C=O) groups excluding carboxylic acids is 1. The first-order valence-corrected chi connectivity index (χ1v) is 14.3. The summed E-state index contributed by atoms with van der Waals surface area (Å²) in [6, 6.07) is 13.6. The zero-order chi connectivity index (χ0) is 25.0. The predicted molar refractivity (Wildman–Crippen MR) is 137 cm³/mol. The lowest BCUT2D eigenvalue weighted by Crippen LogP contribution is -2.56. The number of ether oxygens (including phenoxy) is 1. The van der Waals surface area contributed by atoms with Crippen LogP contribution in [0.25, 0.3) is 0 Å². The van der Waals surface area contributed by atoms with Crippen LogP contribution in [0.5, 0.6) is 5.75 Å². The van der Waals surface area contributed by atoms with E-state index in [0.717, 1.165) is 44.5 Å². The quantitative estimate of drug-likeness (QED) is 0.660. The summed E-state index contributed by atoms with van der Waals surface area (Å²) in [5, 5.41) is 0. The number of benzene rings is 2. The van der Waals surface area contributed by atoms with Gasteiger partial charge >= 0.3 is 0 Å². The number of likely N-dealkylation sites (tertiary alicyclic amines) is 1. The molecule has 1 saturated carbocycles. The van der Waals surface area contributed by atoms with Crippen molar-refractivity contribution >= 4 is 21.4 Å². The monoisotopic (exact) mass is 497 g/mol. The summed E-state index contributed by atoms with van der Waals surface area (Å²) in [5.41, 5.74) is 9.08. The van der Waals surface area contributed by atoms with Crippen molar-refractivity contribution in [2.24, 2.45) is 5.73 Å². The molecule has 0 bridgehead atoms. The van der Waals surface area contributed by atoms with E-state index in [0.29, 0.717) is 12.4 Å². The van der Waals surface area contributed by atoms with Crippen LogP contribution in [0.4, 0.5) is 5.69 Å². The fourth-order valence-electron chi connectivity index (χ4n) is 5.84. The lowest BCUT2D eigenvalue weighted by molar-refractivity contribution is -0.126. The van der Waals surface area contributed by atoms with E-state index in [1.54, 1.807) is 24.3 Å². The van der Waals surface area contributed by atoms with E-state index in [1.807, 2.05) is 0 Å². The van der Waals surface area contributed by atoms with Gasteiger partial charge in [-0.1, -0.05) is 17.7 Å². The van der Waals surface area contributed by atoms with Gasteiger partial charge in [0.05, 0.1) is 10.3 Å². The van der Waals surface area contributed by atoms with Crippen LogP contribution in [0.2, 0.25) is 0 Å². The highest BCUT2D eigenvalue weighted by atomic mass is 32.2. The number of piperidine rings is 1. The summed E-state index contributed by atoms with van der Waals surface area (Å²) in [6.45, 7) is 6.39. The topological polar surface area (TPSA) is 92.9 Å². The van der Waals surface area contributed by atoms with Crippen LogP contribution in [0.1, 0.15) is 43.7 Å². The summed E-state index contributed by atoms with van der Waals surface area (Å²) in [5.74, 6) is 0.909. The summed E-state index contributed by atoms with van der Waals surface area (Å²) in [4.78, 5) is 18.6. The number of amides is 1. The third kappa shape index (κ3) is 4.36. The number of aryl methyl sites for hydroxylation is 1. The van der Waals surface area contributed by atoms with Crippen LogP contribution in [0.3, 0.4) is 0 Å². The Kier molecular flexibility index (Phi) is 6.18. The maximum absolute atomic E-state index is 13.9. The second kappa shape index (κ2) is 8.91. The number of carbonyl (C=O) groups is 1. The average molecular weight is 498 g/mol. The number of hydrogen-bond acceptors (Lipinski definition) is 6. The molecule has 1 amide bonds. The molecule has 35 heavy (non-hydrogen) atoms. The first-order chi connectivity index (χ1) is 16.6. The Bertz CT molecular complexity index is 1210. The van der Waals surface area contributed by atoms with E-state index >= 15 is 0 Å². The third-order valence-corrected chi connectivity index (χ3v) is 9.22. The summed E-state index contributed by atoms with van der Waals surface area (Å²) in [7, 11) is -3.22. The Morgan fingerprint density at radius 2 is 1.77 bits per heavy atom. The Hall–Kier alpha value is -2.42. The molecule has 1 saturated heterocycles. The molecule has 2 aliphatic heterocycles. The minimum absolute atomic E-state index is 0.177. The molecule has 2 fully saturated rings. The standard InChI is InChI=1S/C27H35N3O4S/c1-18-4-9-25-24(14-18)27(26(31)30(25)21-15-20(28)16-21)10-12-29(13-11-27)19(2)17-34-22-5-7-23(8-6-22)35(3,32)33/h4-9,14,19-21H,10-13,15-17,28H2,1-3H3. The van der Waals surface area contributed by atoms with Gasteiger partial charge in [0.2, 0.25) is 5.91 Å². The molecule has 1 aliphatic carbocycles. The number of rotatable bonds is 6. The lowest BCUT2D eigenvalue weighted by Gasteiger charge is -2.43. The second-order valence-corrected chi connectivity index (χ2v) is 12.6. The normalized spacial score (nSPS) is 24.8. The van der Waals surface area contributed by atoms with Crippen LogP contribution in [-0.2, 0) is 20.0 Å². The second-order valence-electron chi connectivity index (χ2n) is 10.6. The van der Waals surface area contributed by atoms with Crippen molar-refractivity contribution in [3.63, 3.8) is 0 Å². The first kappa shape index (κ1) is 24.3. The highest BCUT2D eigenvalue weighted by molar-refractivity contribution is 7.90. The van der Waals surface area contributed by atoms with Gasteiger partial charge in [-0.25, -0.2) is 8.42 Å². The summed E-state index contributed by atoms with van der Waals surface area (Å²) in [6.07, 6.45) is 4.54. The number of nitrogens with two attached hydrogens (primary N) is 1. The van der Waals surface area contributed by atoms with Crippen molar-refractivity contribution in [2.75, 3.05) is 30.9 Å². The molecule has 1 unspecified atom stereocenters. The molecule has 2 N–H and O–H groups in total. The van der Waals surface area contributed by atoms with Gasteiger partial charge in [-0.05, 0) is 88.5 Å². The van der Waals surface area contributed by atoms with Crippen LogP contribution in [-0.4, -0.2) is 63.3 Å². The molecule has 3 aliphatic rings. The third-order valence-electron chi connectivity index (χ3n) is 8.09. The molecule has 2 heterocycles. The predicted octanol–water partition coefficient (Wildman–Crippen LogP) is 3.04. The summed E-state index contributed by atoms with van der Waals surface area (Å²) < 4.78 is 29.3. The largest absolute Gasteiger partial charge is 0.492 e. The summed E-state index contributed by atoms with van der Waals surface area (Å²) >= 11 is 0. The van der Waals surface area contributed by atoms with E-state index in [4.69, 9.17) is 10.5 Å². The molecule has 0 radical (unpaired) electrons. The number of fused-ring (bicyclic) bond motifs is 2. The van der Waals surface area contributed by atoms with Crippen LogP contribution in [0.15, 0.2) is 47.4 Å². The smallest absolute Gasteiger partial charge is 0.238 e. The van der Waals surface area contributed by atoms with Gasteiger partial charge in [0.25, 0.3) is 0 Å². The zero-order valence-corrected chi connectivity index (χ0v) is 21.6. The first-order valence-electron chi connectivity index (χ1n) is 12.5. The number of nitrogens with zero attached hydrogens (tertiary/aromatic N) is 2. The molecular formula is C27H35N3O4S. The van der Waals surface area contributed by atoms with Crippen molar-refractivity contribution in [3.8, 4) is 5.75 Å². The van der Waals surface area contributed by atoms with Crippen molar-refractivity contribution in [2.45, 2.75) is 68.0 Å². The van der Waals surface area contributed by atoms with Gasteiger partial charge in [-0.2, -0.15) is 0 Å². The van der Waals surface area contributed by atoms with E-state index in [-0.39, 0.29) is 28.9 Å². The minimum atomic E-state index is -3.22. The highest BCUT2D eigenvalue weighted by Gasteiger charge is 2.55. The van der Waals surface area contributed by atoms with E-state index in [1.165, 1.54) is 17.4 Å². The van der Waals surface area contributed by atoms with Crippen molar-refractivity contribution in [1.82, 2.24) is 4.90 Å². The molecule has 1 atom stereocenters. The van der Waals surface area contributed by atoms with Crippen LogP contribution < -0.4 is 15.4 Å². The van der Waals surface area contributed by atoms with Gasteiger partial charge in [0, 0.05) is 30.1 Å². The lowest BCUT2D eigenvalue weighted by atomic mass is 9.73. The molecule has 7 nitrogen and oxygen atoms in total. The van der Waals surface area contributed by atoms with Gasteiger partial charge in [0.1, 0.15) is 12.4 Å². The Morgan fingerprint density at radius 1 is 1.11 bits per heavy atom. The number of anilines is 1. The average Bonchev–Trinajstić information content (AvgIpc) is 3.03. The molecule has 1 spiro atoms. The SMILES string of the molecule is Cc1ccc2c(c1)C1(CCN(C(C)COc3ccc(S(C)(=O)=O)cc3)CC1)C(=O)N2C1CC(N)C1. The molecular weight excluding hydrogens is 462 g/mol. The van der Waals surface area contributed by atoms with Crippen molar-refractivity contribution in [3.05, 3.63) is 53.6 Å². The van der Waals surface area contributed by atoms with E-state index in [2.05, 4.69) is 41.8 Å².